The van der Waals surface area contributed by atoms with Gasteiger partial charge >= 0.3 is 0 Å². The van der Waals surface area contributed by atoms with E-state index >= 15 is 0 Å². The van der Waals surface area contributed by atoms with Crippen molar-refractivity contribution in [2.75, 3.05) is 0 Å². The molecule has 19 aromatic rings. The number of hydrogen-bond donors (Lipinski definition) is 0. The van der Waals surface area contributed by atoms with Crippen LogP contribution in [0.5, 0.6) is 0 Å². The Morgan fingerprint density at radius 2 is 0.540 bits per heavy atom. The zero-order chi connectivity index (χ0) is 66.3. The van der Waals surface area contributed by atoms with Crippen molar-refractivity contribution < 1.29 is 8.83 Å². The summed E-state index contributed by atoms with van der Waals surface area (Å²) < 4.78 is 16.6. The van der Waals surface area contributed by atoms with Crippen molar-refractivity contribution in [3.8, 4) is 101 Å². The molecule has 13 aromatic carbocycles. The SMILES string of the molecule is c1ccc(-c2cc(-c3ccccc3)nc(-n3c4ccccc4c4cc(-c5ccc6oc7ccccc7c6c5)ccc43)c2)cc1.c1ccc(-c2ccc(-c3cc(-c4ccc(-c5ccccc5)cc4)nc(-n4c5ccccc5c5cc(-c6cccoc7ccccc7cc6)ccc54)c3)cc2)cc1. The van der Waals surface area contributed by atoms with Crippen molar-refractivity contribution in [1.29, 1.82) is 0 Å². The molecule has 100 heavy (non-hydrogen) atoms. The predicted octanol–water partition coefficient (Wildman–Crippen LogP) is 25.5. The summed E-state index contributed by atoms with van der Waals surface area (Å²) in [5.74, 6) is 1.77. The monoisotopic (exact) mass is 1280 g/mol. The number of nitrogens with zero attached hydrogens (tertiary/aromatic N) is 4. The first-order chi connectivity index (χ1) is 49.5. The van der Waals surface area contributed by atoms with Crippen molar-refractivity contribution in [3.05, 3.63) is 376 Å². The fraction of sp³-hybridized carbons (Fsp3) is 0. The minimum absolute atomic E-state index is 0.835. The molecule has 6 heteroatoms. The molecule has 470 valence electrons. The second-order valence-electron chi connectivity index (χ2n) is 25.2. The maximum Gasteiger partial charge on any atom is 0.138 e. The molecule has 6 nitrogen and oxygen atoms in total. The molecule has 6 aromatic heterocycles. The van der Waals surface area contributed by atoms with E-state index in [1.54, 1.807) is 6.26 Å². The van der Waals surface area contributed by atoms with Crippen molar-refractivity contribution in [3.63, 3.8) is 0 Å². The Balaban J connectivity index is 0.000000148. The van der Waals surface area contributed by atoms with Gasteiger partial charge in [-0.15, -0.1) is 0 Å². The van der Waals surface area contributed by atoms with Gasteiger partial charge in [0.2, 0.25) is 0 Å². The fourth-order valence-electron chi connectivity index (χ4n) is 14.2. The minimum atomic E-state index is 0.835. The predicted molar refractivity (Wildman–Crippen MR) is 415 cm³/mol. The molecule has 6 heterocycles. The van der Waals surface area contributed by atoms with E-state index in [9.17, 15) is 0 Å². The molecule has 0 aliphatic heterocycles. The standard InChI is InChI=1S/C53H36N2O.C41H26N2O/c1-3-12-37(13-4-1)40-21-23-42(24-22-40)46-35-49(43-28-25-41(26-29-43)38-14-5-2-6-15-38)54-53(36-46)55-50-19-9-8-18-47(50)48-34-45(31-32-51(48)55)39-17-11-33-56-52-20-10-7-16-44(52)30-27-39;1-3-11-27(12-4-1)31-25-36(28-13-5-2-6-14-28)42-41(26-31)43-37-17-9-7-15-32(37)34-23-29(19-21-38(34)43)30-20-22-40-35(24-30)33-16-8-10-18-39(33)44-40/h1-36H;1-26H. The Hall–Kier alpha value is -13.4. The van der Waals surface area contributed by atoms with Gasteiger partial charge in [-0.05, 0) is 158 Å². The van der Waals surface area contributed by atoms with Gasteiger partial charge in [0, 0.05) is 48.8 Å². The molecule has 0 aliphatic carbocycles. The third-order valence-electron chi connectivity index (χ3n) is 19.2. The van der Waals surface area contributed by atoms with Crippen molar-refractivity contribution >= 4 is 76.5 Å². The maximum atomic E-state index is 6.10. The Morgan fingerprint density at radius 3 is 1.09 bits per heavy atom. The summed E-state index contributed by atoms with van der Waals surface area (Å²) in [7, 11) is 0. The third-order valence-corrected chi connectivity index (χ3v) is 19.2. The van der Waals surface area contributed by atoms with Gasteiger partial charge in [-0.1, -0.05) is 279 Å². The van der Waals surface area contributed by atoms with E-state index < -0.39 is 0 Å². The van der Waals surface area contributed by atoms with Crippen LogP contribution < -0.4 is 0 Å². The third kappa shape index (κ3) is 11.2. The topological polar surface area (TPSA) is 61.9 Å². The van der Waals surface area contributed by atoms with E-state index in [2.05, 4.69) is 337 Å². The number of aromatic nitrogens is 4. The summed E-state index contributed by atoms with van der Waals surface area (Å²) in [5, 5.41) is 8.05. The van der Waals surface area contributed by atoms with E-state index in [0.717, 1.165) is 117 Å². The van der Waals surface area contributed by atoms with Crippen LogP contribution in [0.3, 0.4) is 0 Å². The van der Waals surface area contributed by atoms with Crippen LogP contribution in [-0.2, 0) is 0 Å². The number of hydrogen-bond acceptors (Lipinski definition) is 4. The van der Waals surface area contributed by atoms with E-state index in [1.807, 2.05) is 42.5 Å². The van der Waals surface area contributed by atoms with Gasteiger partial charge in [0.1, 0.15) is 28.4 Å². The van der Waals surface area contributed by atoms with E-state index in [-0.39, 0.29) is 0 Å². The molecule has 0 atom stereocenters. The van der Waals surface area contributed by atoms with Gasteiger partial charge in [-0.3, -0.25) is 9.13 Å². The first-order valence-electron chi connectivity index (χ1n) is 33.8. The molecule has 0 saturated heterocycles. The second kappa shape index (κ2) is 25.6. The summed E-state index contributed by atoms with van der Waals surface area (Å²) in [6, 6.07) is 130. The van der Waals surface area contributed by atoms with E-state index in [1.165, 1.54) is 60.5 Å². The van der Waals surface area contributed by atoms with Crippen LogP contribution in [0.1, 0.15) is 0 Å². The molecule has 0 fully saturated rings. The molecular formula is C94H62N4O2. The molecular weight excluding hydrogens is 1220 g/mol. The lowest BCUT2D eigenvalue weighted by Gasteiger charge is -2.14. The maximum absolute atomic E-state index is 6.10. The van der Waals surface area contributed by atoms with Gasteiger partial charge in [0.15, 0.2) is 0 Å². The number of rotatable bonds is 10. The number of pyridine rings is 2. The van der Waals surface area contributed by atoms with Gasteiger partial charge in [-0.25, -0.2) is 9.97 Å². The first kappa shape index (κ1) is 59.1. The molecule has 0 radical (unpaired) electrons. The lowest BCUT2D eigenvalue weighted by molar-refractivity contribution is 0.606. The summed E-state index contributed by atoms with van der Waals surface area (Å²) in [5.41, 5.74) is 25.0. The van der Waals surface area contributed by atoms with Crippen molar-refractivity contribution in [2.24, 2.45) is 0 Å². The number of benzene rings is 13. The highest BCUT2D eigenvalue weighted by Gasteiger charge is 2.20. The van der Waals surface area contributed by atoms with E-state index in [4.69, 9.17) is 18.8 Å². The summed E-state index contributed by atoms with van der Waals surface area (Å²) in [6.45, 7) is 0. The van der Waals surface area contributed by atoms with Crippen LogP contribution in [0.25, 0.3) is 177 Å². The van der Waals surface area contributed by atoms with Crippen LogP contribution in [0.2, 0.25) is 0 Å². The quantitative estimate of drug-likeness (QED) is 0.137. The molecule has 0 amide bonds. The van der Waals surface area contributed by atoms with Crippen LogP contribution in [0.15, 0.2) is 385 Å². The minimum Gasteiger partial charge on any atom is -0.464 e. The molecule has 0 bridgehead atoms. The van der Waals surface area contributed by atoms with Gasteiger partial charge in [0.25, 0.3) is 0 Å². The zero-order valence-electron chi connectivity index (χ0n) is 54.4. The number of para-hydroxylation sites is 4. The van der Waals surface area contributed by atoms with Crippen LogP contribution >= 0.6 is 0 Å². The second-order valence-corrected chi connectivity index (χ2v) is 25.2. The van der Waals surface area contributed by atoms with Crippen LogP contribution in [-0.4, -0.2) is 19.1 Å². The fourth-order valence-corrected chi connectivity index (χ4v) is 14.2. The summed E-state index contributed by atoms with van der Waals surface area (Å²) in [4.78, 5) is 10.7. The smallest absolute Gasteiger partial charge is 0.138 e. The van der Waals surface area contributed by atoms with Gasteiger partial charge in [-0.2, -0.15) is 0 Å². The number of fused-ring (bicyclic) bond motifs is 10. The van der Waals surface area contributed by atoms with Crippen LogP contribution in [0, 0.1) is 0 Å². The largest absolute Gasteiger partial charge is 0.464 e. The highest BCUT2D eigenvalue weighted by Crippen LogP contribution is 2.41. The van der Waals surface area contributed by atoms with E-state index in [0.29, 0.717) is 0 Å². The average Bonchev–Trinajstić information content (AvgIpc) is 1.58. The van der Waals surface area contributed by atoms with Crippen molar-refractivity contribution in [2.45, 2.75) is 0 Å². The Bertz CT molecular complexity index is 6150. The molecule has 0 unspecified atom stereocenters. The lowest BCUT2D eigenvalue weighted by atomic mass is 9.98. The molecule has 0 aliphatic rings. The normalized spacial score (nSPS) is 11.4. The lowest BCUT2D eigenvalue weighted by Crippen LogP contribution is -2.00. The Labute approximate surface area is 578 Å². The highest BCUT2D eigenvalue weighted by molar-refractivity contribution is 6.12. The Morgan fingerprint density at radius 1 is 0.200 bits per heavy atom. The molecule has 0 saturated carbocycles. The number of furan rings is 1. The molecule has 0 N–H and O–H groups in total. The van der Waals surface area contributed by atoms with Gasteiger partial charge in [0.05, 0.1) is 39.7 Å². The van der Waals surface area contributed by atoms with Crippen molar-refractivity contribution in [1.82, 2.24) is 19.1 Å². The summed E-state index contributed by atoms with van der Waals surface area (Å²) >= 11 is 0. The molecule has 0 spiro atoms. The van der Waals surface area contributed by atoms with Gasteiger partial charge < -0.3 is 8.83 Å². The Kier molecular flexibility index (Phi) is 15.1. The highest BCUT2D eigenvalue weighted by atomic mass is 16.3. The zero-order valence-corrected chi connectivity index (χ0v) is 54.4. The van der Waals surface area contributed by atoms with Crippen LogP contribution in [0.4, 0.5) is 0 Å². The molecule has 19 rings (SSSR count). The first-order valence-corrected chi connectivity index (χ1v) is 33.8. The summed E-state index contributed by atoms with van der Waals surface area (Å²) in [6.07, 6.45) is 1.75. The average molecular weight is 1280 g/mol.